The van der Waals surface area contributed by atoms with Gasteiger partial charge >= 0.3 is 0 Å². The van der Waals surface area contributed by atoms with Crippen molar-refractivity contribution in [1.82, 2.24) is 0 Å². The molecular formula is C18H20BrNO4. The van der Waals surface area contributed by atoms with Crippen LogP contribution in [0.2, 0.25) is 0 Å². The minimum Gasteiger partial charge on any atom is -0.492 e. The fourth-order valence-electron chi connectivity index (χ4n) is 2.04. The van der Waals surface area contributed by atoms with Crippen molar-refractivity contribution in [1.29, 1.82) is 0 Å². The maximum absolute atomic E-state index is 12.4. The monoisotopic (exact) mass is 393 g/mol. The highest BCUT2D eigenvalue weighted by Crippen LogP contribution is 2.28. The van der Waals surface area contributed by atoms with E-state index < -0.39 is 0 Å². The Hall–Kier alpha value is -2.05. The van der Waals surface area contributed by atoms with E-state index >= 15 is 0 Å². The van der Waals surface area contributed by atoms with Crippen LogP contribution in [0.1, 0.15) is 17.3 Å². The van der Waals surface area contributed by atoms with Crippen LogP contribution in [0, 0.1) is 0 Å². The number of para-hydroxylation sites is 2. The normalized spacial score (nSPS) is 10.3. The average Bonchev–Trinajstić information content (AvgIpc) is 2.58. The standard InChI is InChI=1S/C18H20BrNO4/c1-3-23-17-7-5-4-6-15(17)20-18(21)13-8-9-16(14(19)12-13)24-11-10-22-2/h4-9,12H,3,10-11H2,1-2H3,(H,20,21). The zero-order valence-corrected chi connectivity index (χ0v) is 15.3. The number of methoxy groups -OCH3 is 1. The number of halogens is 1. The van der Waals surface area contributed by atoms with Crippen LogP contribution in [-0.4, -0.2) is 32.8 Å². The highest BCUT2D eigenvalue weighted by molar-refractivity contribution is 9.10. The van der Waals surface area contributed by atoms with Gasteiger partial charge in [-0.3, -0.25) is 4.79 Å². The van der Waals surface area contributed by atoms with Crippen molar-refractivity contribution in [2.45, 2.75) is 6.92 Å². The molecule has 0 bridgehead atoms. The van der Waals surface area contributed by atoms with Gasteiger partial charge in [0.15, 0.2) is 0 Å². The van der Waals surface area contributed by atoms with Crippen LogP contribution in [0.3, 0.4) is 0 Å². The van der Waals surface area contributed by atoms with E-state index in [-0.39, 0.29) is 5.91 Å². The van der Waals surface area contributed by atoms with Crippen LogP contribution in [0.4, 0.5) is 5.69 Å². The van der Waals surface area contributed by atoms with E-state index in [1.165, 1.54) is 0 Å². The molecule has 24 heavy (non-hydrogen) atoms. The summed E-state index contributed by atoms with van der Waals surface area (Å²) >= 11 is 3.42. The maximum atomic E-state index is 12.4. The van der Waals surface area contributed by atoms with Crippen molar-refractivity contribution < 1.29 is 19.0 Å². The number of carbonyl (C=O) groups is 1. The molecule has 0 saturated heterocycles. The summed E-state index contributed by atoms with van der Waals surface area (Å²) in [6, 6.07) is 12.5. The third-order valence-corrected chi connectivity index (χ3v) is 3.79. The summed E-state index contributed by atoms with van der Waals surface area (Å²) < 4.78 is 16.7. The van der Waals surface area contributed by atoms with E-state index in [1.807, 2.05) is 25.1 Å². The quantitative estimate of drug-likeness (QED) is 0.685. The summed E-state index contributed by atoms with van der Waals surface area (Å²) in [5.74, 6) is 1.09. The molecule has 0 atom stereocenters. The number of ether oxygens (including phenoxy) is 3. The molecule has 0 unspecified atom stereocenters. The Bertz CT molecular complexity index is 690. The van der Waals surface area contributed by atoms with Gasteiger partial charge in [0.05, 0.1) is 23.4 Å². The third-order valence-electron chi connectivity index (χ3n) is 3.17. The van der Waals surface area contributed by atoms with Gasteiger partial charge in [-0.05, 0) is 53.2 Å². The minimum atomic E-state index is -0.216. The Morgan fingerprint density at radius 3 is 2.58 bits per heavy atom. The Balaban J connectivity index is 2.09. The first-order valence-corrected chi connectivity index (χ1v) is 8.39. The minimum absolute atomic E-state index is 0.216. The van der Waals surface area contributed by atoms with Crippen LogP contribution >= 0.6 is 15.9 Å². The van der Waals surface area contributed by atoms with Crippen molar-refractivity contribution in [3.63, 3.8) is 0 Å². The fourth-order valence-corrected chi connectivity index (χ4v) is 2.53. The largest absolute Gasteiger partial charge is 0.492 e. The van der Waals surface area contributed by atoms with Gasteiger partial charge in [0.1, 0.15) is 18.1 Å². The predicted molar refractivity (Wildman–Crippen MR) is 97.1 cm³/mol. The van der Waals surface area contributed by atoms with Crippen LogP contribution in [-0.2, 0) is 4.74 Å². The van der Waals surface area contributed by atoms with Crippen LogP contribution in [0.15, 0.2) is 46.9 Å². The van der Waals surface area contributed by atoms with Gasteiger partial charge in [-0.25, -0.2) is 0 Å². The molecule has 0 heterocycles. The number of nitrogens with one attached hydrogen (secondary N) is 1. The molecule has 6 heteroatoms. The zero-order valence-electron chi connectivity index (χ0n) is 13.7. The molecular weight excluding hydrogens is 374 g/mol. The van der Waals surface area contributed by atoms with Gasteiger partial charge in [-0.1, -0.05) is 12.1 Å². The highest BCUT2D eigenvalue weighted by atomic mass is 79.9. The van der Waals surface area contributed by atoms with E-state index in [0.717, 1.165) is 0 Å². The van der Waals surface area contributed by atoms with Gasteiger partial charge in [0.25, 0.3) is 5.91 Å². The van der Waals surface area contributed by atoms with Gasteiger partial charge in [0, 0.05) is 12.7 Å². The highest BCUT2D eigenvalue weighted by Gasteiger charge is 2.12. The summed E-state index contributed by atoms with van der Waals surface area (Å²) in [7, 11) is 1.62. The predicted octanol–water partition coefficient (Wildman–Crippen LogP) is 4.13. The van der Waals surface area contributed by atoms with Crippen molar-refractivity contribution in [2.75, 3.05) is 32.2 Å². The molecule has 2 aromatic rings. The number of hydrogen-bond donors (Lipinski definition) is 1. The number of anilines is 1. The van der Waals surface area contributed by atoms with Gasteiger partial charge in [-0.15, -0.1) is 0 Å². The molecule has 0 radical (unpaired) electrons. The molecule has 5 nitrogen and oxygen atoms in total. The first kappa shape index (κ1) is 18.3. The van der Waals surface area contributed by atoms with Gasteiger partial charge in [-0.2, -0.15) is 0 Å². The second-order valence-corrected chi connectivity index (χ2v) is 5.72. The maximum Gasteiger partial charge on any atom is 0.255 e. The molecule has 2 rings (SSSR count). The lowest BCUT2D eigenvalue weighted by atomic mass is 10.2. The van der Waals surface area contributed by atoms with Crippen molar-refractivity contribution >= 4 is 27.5 Å². The SMILES string of the molecule is CCOc1ccccc1NC(=O)c1ccc(OCCOC)c(Br)c1. The summed E-state index contributed by atoms with van der Waals surface area (Å²) in [4.78, 5) is 12.4. The molecule has 2 aromatic carbocycles. The Labute approximate surface area is 150 Å². The van der Waals surface area contributed by atoms with Crippen LogP contribution in [0.5, 0.6) is 11.5 Å². The molecule has 1 N–H and O–H groups in total. The smallest absolute Gasteiger partial charge is 0.255 e. The lowest BCUT2D eigenvalue weighted by molar-refractivity contribution is 0.102. The van der Waals surface area contributed by atoms with Crippen LogP contribution in [0.25, 0.3) is 0 Å². The molecule has 0 aliphatic rings. The lowest BCUT2D eigenvalue weighted by Crippen LogP contribution is -2.13. The zero-order chi connectivity index (χ0) is 17.4. The summed E-state index contributed by atoms with van der Waals surface area (Å²) in [6.07, 6.45) is 0. The number of carbonyl (C=O) groups excluding carboxylic acids is 1. The Morgan fingerprint density at radius 1 is 1.08 bits per heavy atom. The summed E-state index contributed by atoms with van der Waals surface area (Å²) in [6.45, 7) is 3.38. The number of benzene rings is 2. The number of rotatable bonds is 8. The van der Waals surface area contributed by atoms with E-state index in [4.69, 9.17) is 14.2 Å². The molecule has 1 amide bonds. The Morgan fingerprint density at radius 2 is 1.88 bits per heavy atom. The second kappa shape index (κ2) is 9.30. The lowest BCUT2D eigenvalue weighted by Gasteiger charge is -2.12. The Kier molecular flexibility index (Phi) is 7.08. The van der Waals surface area contributed by atoms with Crippen molar-refractivity contribution in [2.24, 2.45) is 0 Å². The van der Waals surface area contributed by atoms with Crippen molar-refractivity contribution in [3.8, 4) is 11.5 Å². The summed E-state index contributed by atoms with van der Waals surface area (Å²) in [5.41, 5.74) is 1.16. The average molecular weight is 394 g/mol. The first-order valence-electron chi connectivity index (χ1n) is 7.60. The molecule has 0 saturated carbocycles. The fraction of sp³-hybridized carbons (Fsp3) is 0.278. The van der Waals surface area contributed by atoms with Crippen LogP contribution < -0.4 is 14.8 Å². The van der Waals surface area contributed by atoms with E-state index in [0.29, 0.717) is 47.0 Å². The summed E-state index contributed by atoms with van der Waals surface area (Å²) in [5, 5.41) is 2.87. The second-order valence-electron chi connectivity index (χ2n) is 4.87. The van der Waals surface area contributed by atoms with E-state index in [2.05, 4.69) is 21.2 Å². The topological polar surface area (TPSA) is 56.8 Å². The molecule has 0 fully saturated rings. The molecule has 0 aliphatic heterocycles. The molecule has 0 spiro atoms. The van der Waals surface area contributed by atoms with Gasteiger partial charge in [0.2, 0.25) is 0 Å². The number of hydrogen-bond acceptors (Lipinski definition) is 4. The molecule has 0 aromatic heterocycles. The third kappa shape index (κ3) is 4.97. The molecule has 0 aliphatic carbocycles. The first-order chi connectivity index (χ1) is 11.7. The van der Waals surface area contributed by atoms with Crippen molar-refractivity contribution in [3.05, 3.63) is 52.5 Å². The molecule has 128 valence electrons. The van der Waals surface area contributed by atoms with E-state index in [1.54, 1.807) is 31.4 Å². The van der Waals surface area contributed by atoms with Gasteiger partial charge < -0.3 is 19.5 Å². The number of amides is 1. The van der Waals surface area contributed by atoms with E-state index in [9.17, 15) is 4.79 Å².